The largest absolute Gasteiger partial charge is 0.408 e. The number of aromatic nitrogens is 4. The van der Waals surface area contributed by atoms with E-state index in [0.29, 0.717) is 18.6 Å². The molecule has 0 amide bonds. The van der Waals surface area contributed by atoms with Crippen molar-refractivity contribution in [1.29, 1.82) is 0 Å². The number of para-hydroxylation sites is 1. The number of H-pyrrole nitrogens is 1. The third-order valence-electron chi connectivity index (χ3n) is 4.08. The molecule has 1 aliphatic rings. The van der Waals surface area contributed by atoms with Crippen LogP contribution in [0, 0.1) is 0 Å². The number of aromatic amines is 1. The zero-order valence-corrected chi connectivity index (χ0v) is 12.7. The van der Waals surface area contributed by atoms with Crippen molar-refractivity contribution in [3.05, 3.63) is 36.3 Å². The predicted octanol–water partition coefficient (Wildman–Crippen LogP) is 3.84. The zero-order chi connectivity index (χ0) is 16.7. The van der Waals surface area contributed by atoms with Crippen molar-refractivity contribution in [3.63, 3.8) is 0 Å². The number of nitrogens with one attached hydrogen (secondary N) is 1. The molecule has 0 radical (unpaired) electrons. The lowest BCUT2D eigenvalue weighted by Crippen LogP contribution is -2.21. The second-order valence-corrected chi connectivity index (χ2v) is 5.82. The van der Waals surface area contributed by atoms with E-state index >= 15 is 0 Å². The number of benzene rings is 1. The van der Waals surface area contributed by atoms with E-state index in [-0.39, 0.29) is 11.6 Å². The third kappa shape index (κ3) is 2.77. The normalized spacial score (nSPS) is 18.5. The number of rotatable bonds is 3. The number of hydrogen-bond donors (Lipinski definition) is 1. The quantitative estimate of drug-likeness (QED) is 0.791. The van der Waals surface area contributed by atoms with Crippen LogP contribution in [0.1, 0.15) is 24.8 Å². The van der Waals surface area contributed by atoms with Gasteiger partial charge in [0.25, 0.3) is 0 Å². The second-order valence-electron chi connectivity index (χ2n) is 5.82. The Balaban J connectivity index is 1.80. The van der Waals surface area contributed by atoms with Gasteiger partial charge in [-0.25, -0.2) is 9.67 Å². The van der Waals surface area contributed by atoms with Gasteiger partial charge in [0.05, 0.1) is 0 Å². The monoisotopic (exact) mass is 336 g/mol. The Morgan fingerprint density at radius 3 is 2.88 bits per heavy atom. The molecule has 1 saturated heterocycles. The number of halogens is 3. The molecule has 1 atom stereocenters. The summed E-state index contributed by atoms with van der Waals surface area (Å²) in [5.74, 6) is 0.521. The number of fused-ring (bicyclic) bond motifs is 1. The summed E-state index contributed by atoms with van der Waals surface area (Å²) in [6, 6.07) is 7.54. The number of hydrogen-bond acceptors (Lipinski definition) is 3. The highest BCUT2D eigenvalue weighted by atomic mass is 19.4. The van der Waals surface area contributed by atoms with E-state index in [1.165, 1.54) is 0 Å². The molecule has 1 fully saturated rings. The molecule has 0 aliphatic carbocycles. The Morgan fingerprint density at radius 2 is 2.12 bits per heavy atom. The maximum atomic E-state index is 12.9. The Morgan fingerprint density at radius 1 is 1.29 bits per heavy atom. The summed E-state index contributed by atoms with van der Waals surface area (Å²) >= 11 is 0. The highest BCUT2D eigenvalue weighted by Gasteiger charge is 2.33. The molecule has 4 rings (SSSR count). The van der Waals surface area contributed by atoms with Crippen LogP contribution in [0.2, 0.25) is 0 Å². The van der Waals surface area contributed by atoms with Crippen molar-refractivity contribution in [2.24, 2.45) is 0 Å². The summed E-state index contributed by atoms with van der Waals surface area (Å²) in [5, 5.41) is 4.99. The fourth-order valence-corrected chi connectivity index (χ4v) is 3.03. The average molecular weight is 336 g/mol. The first-order chi connectivity index (χ1) is 11.5. The highest BCUT2D eigenvalue weighted by Crippen LogP contribution is 2.32. The van der Waals surface area contributed by atoms with Crippen LogP contribution in [0.5, 0.6) is 0 Å². The van der Waals surface area contributed by atoms with Crippen molar-refractivity contribution < 1.29 is 17.9 Å². The van der Waals surface area contributed by atoms with Crippen LogP contribution >= 0.6 is 0 Å². The minimum atomic E-state index is -4.36. The fourth-order valence-electron chi connectivity index (χ4n) is 3.03. The van der Waals surface area contributed by atoms with Crippen molar-refractivity contribution in [2.75, 3.05) is 6.61 Å². The van der Waals surface area contributed by atoms with Gasteiger partial charge in [-0.2, -0.15) is 18.3 Å². The van der Waals surface area contributed by atoms with Gasteiger partial charge in [0.1, 0.15) is 12.6 Å². The van der Waals surface area contributed by atoms with Gasteiger partial charge in [-0.05, 0) is 18.9 Å². The number of alkyl halides is 3. The molecule has 1 N–H and O–H groups in total. The summed E-state index contributed by atoms with van der Waals surface area (Å²) in [6.45, 7) is -0.635. The molecule has 24 heavy (non-hydrogen) atoms. The average Bonchev–Trinajstić information content (AvgIpc) is 3.24. The van der Waals surface area contributed by atoms with Gasteiger partial charge < -0.3 is 9.72 Å². The molecule has 8 heteroatoms. The van der Waals surface area contributed by atoms with Gasteiger partial charge in [-0.3, -0.25) is 0 Å². The molecule has 1 aliphatic heterocycles. The van der Waals surface area contributed by atoms with E-state index in [0.717, 1.165) is 22.0 Å². The molecular weight excluding hydrogens is 321 g/mol. The molecule has 3 heterocycles. The third-order valence-corrected chi connectivity index (χ3v) is 4.08. The molecule has 0 unspecified atom stereocenters. The van der Waals surface area contributed by atoms with Crippen LogP contribution < -0.4 is 0 Å². The Labute approximate surface area is 135 Å². The van der Waals surface area contributed by atoms with Crippen molar-refractivity contribution in [3.8, 4) is 11.4 Å². The molecule has 3 aromatic rings. The molecule has 0 spiro atoms. The molecule has 2 aromatic heterocycles. The van der Waals surface area contributed by atoms with Gasteiger partial charge in [-0.1, -0.05) is 18.2 Å². The standard InChI is InChI=1S/C16H15F3N4O/c17-16(18,19)9-23-15(13-6-3-7-24-13)21-14(22-23)11-8-20-12-5-2-1-4-10(11)12/h1-2,4-5,8,13,20H,3,6-7,9H2/t13-/m1/s1. The smallest absolute Gasteiger partial charge is 0.370 e. The first kappa shape index (κ1) is 15.2. The SMILES string of the molecule is FC(F)(F)Cn1nc(-c2c[nH]c3ccccc23)nc1[C@H]1CCCO1. The van der Waals surface area contributed by atoms with E-state index in [1.807, 2.05) is 24.3 Å². The molecule has 0 saturated carbocycles. The first-order valence-electron chi connectivity index (χ1n) is 7.71. The van der Waals surface area contributed by atoms with E-state index in [1.54, 1.807) is 6.20 Å². The van der Waals surface area contributed by atoms with Gasteiger partial charge in [-0.15, -0.1) is 0 Å². The predicted molar refractivity (Wildman–Crippen MR) is 81.3 cm³/mol. The van der Waals surface area contributed by atoms with Gasteiger partial charge in [0.15, 0.2) is 11.6 Å². The van der Waals surface area contributed by atoms with Crippen molar-refractivity contribution >= 4 is 10.9 Å². The minimum absolute atomic E-state index is 0.241. The van der Waals surface area contributed by atoms with Crippen LogP contribution in [0.4, 0.5) is 13.2 Å². The van der Waals surface area contributed by atoms with Crippen LogP contribution in [0.25, 0.3) is 22.3 Å². The molecule has 1 aromatic carbocycles. The van der Waals surface area contributed by atoms with Gasteiger partial charge in [0, 0.05) is 29.3 Å². The molecule has 126 valence electrons. The number of ether oxygens (including phenoxy) is 1. The second kappa shape index (κ2) is 5.62. The maximum Gasteiger partial charge on any atom is 0.408 e. The number of nitrogens with zero attached hydrogens (tertiary/aromatic N) is 3. The lowest BCUT2D eigenvalue weighted by molar-refractivity contribution is -0.143. The summed E-state index contributed by atoms with van der Waals surface area (Å²) in [7, 11) is 0. The van der Waals surface area contributed by atoms with Crippen LogP contribution in [-0.4, -0.2) is 32.5 Å². The van der Waals surface area contributed by atoms with E-state index in [4.69, 9.17) is 4.74 Å². The lowest BCUT2D eigenvalue weighted by Gasteiger charge is -2.12. The zero-order valence-electron chi connectivity index (χ0n) is 12.7. The fraction of sp³-hybridized carbons (Fsp3) is 0.375. The summed E-state index contributed by atoms with van der Waals surface area (Å²) in [5.41, 5.74) is 1.57. The van der Waals surface area contributed by atoms with E-state index < -0.39 is 18.8 Å². The van der Waals surface area contributed by atoms with Crippen molar-refractivity contribution in [1.82, 2.24) is 19.7 Å². The lowest BCUT2D eigenvalue weighted by atomic mass is 10.1. The Bertz CT molecular complexity index is 862. The topological polar surface area (TPSA) is 55.7 Å². The van der Waals surface area contributed by atoms with Gasteiger partial charge >= 0.3 is 6.18 Å². The molecule has 0 bridgehead atoms. The summed E-state index contributed by atoms with van der Waals surface area (Å²) in [6.07, 6.45) is -1.61. The minimum Gasteiger partial charge on any atom is -0.370 e. The molecule has 5 nitrogen and oxygen atoms in total. The van der Waals surface area contributed by atoms with E-state index in [2.05, 4.69) is 15.1 Å². The van der Waals surface area contributed by atoms with E-state index in [9.17, 15) is 13.2 Å². The first-order valence-corrected chi connectivity index (χ1v) is 7.71. The highest BCUT2D eigenvalue weighted by molar-refractivity contribution is 5.93. The summed E-state index contributed by atoms with van der Waals surface area (Å²) < 4.78 is 45.1. The van der Waals surface area contributed by atoms with Crippen LogP contribution in [0.15, 0.2) is 30.5 Å². The Kier molecular flexibility index (Phi) is 3.56. The van der Waals surface area contributed by atoms with Crippen molar-refractivity contribution in [2.45, 2.75) is 31.7 Å². The molecular formula is C16H15F3N4O. The summed E-state index contributed by atoms with van der Waals surface area (Å²) in [4.78, 5) is 7.47. The van der Waals surface area contributed by atoms with Gasteiger partial charge in [0.2, 0.25) is 0 Å². The van der Waals surface area contributed by atoms with Crippen LogP contribution in [-0.2, 0) is 11.3 Å². The maximum absolute atomic E-state index is 12.9. The van der Waals surface area contributed by atoms with Crippen LogP contribution in [0.3, 0.4) is 0 Å². The Hall–Kier alpha value is -2.35.